The van der Waals surface area contributed by atoms with Gasteiger partial charge in [0.1, 0.15) is 0 Å². The highest BCUT2D eigenvalue weighted by atomic mass is 19.1. The number of carbonyl (C=O) groups excluding carboxylic acids is 1. The van der Waals surface area contributed by atoms with Crippen LogP contribution in [0.1, 0.15) is 6.42 Å². The average Bonchev–Trinajstić information content (AvgIpc) is 2.32. The Hall–Kier alpha value is -2.18. The molecule has 1 aliphatic heterocycles. The van der Waals surface area contributed by atoms with Gasteiger partial charge in [-0.2, -0.15) is 4.39 Å². The maximum Gasteiger partial charge on any atom is 0.324 e. The first-order valence-electron chi connectivity index (χ1n) is 5.47. The standard InChI is InChI=1S/C11H12FN3O3/c1-13-5-2-6-14(11(13)16)8-3-4-10(15(17)18)9(12)7-8/h3-4,7H,2,5-6H2,1H3. The quantitative estimate of drug-likeness (QED) is 0.598. The van der Waals surface area contributed by atoms with Crippen LogP contribution in [0.25, 0.3) is 0 Å². The number of hydrogen-bond acceptors (Lipinski definition) is 3. The Labute approximate surface area is 103 Å². The van der Waals surface area contributed by atoms with Gasteiger partial charge in [0.25, 0.3) is 0 Å². The number of nitrogens with zero attached hydrogens (tertiary/aromatic N) is 3. The maximum atomic E-state index is 13.5. The zero-order chi connectivity index (χ0) is 13.3. The molecule has 0 spiro atoms. The van der Waals surface area contributed by atoms with Gasteiger partial charge in [-0.05, 0) is 12.5 Å². The Balaban J connectivity index is 2.31. The number of nitro benzene ring substituents is 1. The van der Waals surface area contributed by atoms with Gasteiger partial charge in [0, 0.05) is 38.0 Å². The van der Waals surface area contributed by atoms with Gasteiger partial charge in [-0.1, -0.05) is 0 Å². The molecule has 7 heteroatoms. The highest BCUT2D eigenvalue weighted by molar-refractivity contribution is 5.92. The average molecular weight is 253 g/mol. The molecule has 0 saturated carbocycles. The molecule has 1 saturated heterocycles. The van der Waals surface area contributed by atoms with E-state index in [0.717, 1.165) is 18.6 Å². The van der Waals surface area contributed by atoms with Crippen molar-refractivity contribution in [1.29, 1.82) is 0 Å². The highest BCUT2D eigenvalue weighted by Gasteiger charge is 2.25. The van der Waals surface area contributed by atoms with E-state index in [2.05, 4.69) is 0 Å². The van der Waals surface area contributed by atoms with E-state index >= 15 is 0 Å². The van der Waals surface area contributed by atoms with E-state index in [1.165, 1.54) is 15.9 Å². The first-order chi connectivity index (χ1) is 8.50. The fourth-order valence-corrected chi connectivity index (χ4v) is 1.91. The van der Waals surface area contributed by atoms with Crippen LogP contribution in [0.3, 0.4) is 0 Å². The number of benzene rings is 1. The summed E-state index contributed by atoms with van der Waals surface area (Å²) in [5.41, 5.74) is -0.244. The van der Waals surface area contributed by atoms with E-state index in [0.29, 0.717) is 18.8 Å². The number of rotatable bonds is 2. The molecular weight excluding hydrogens is 241 g/mol. The molecule has 2 rings (SSSR count). The molecule has 0 N–H and O–H groups in total. The number of carbonyl (C=O) groups is 1. The zero-order valence-corrected chi connectivity index (χ0v) is 9.80. The van der Waals surface area contributed by atoms with Crippen LogP contribution >= 0.6 is 0 Å². The summed E-state index contributed by atoms with van der Waals surface area (Å²) < 4.78 is 13.5. The van der Waals surface area contributed by atoms with E-state index < -0.39 is 16.4 Å². The van der Waals surface area contributed by atoms with Crippen LogP contribution < -0.4 is 4.90 Å². The lowest BCUT2D eigenvalue weighted by molar-refractivity contribution is -0.387. The monoisotopic (exact) mass is 253 g/mol. The molecule has 6 nitrogen and oxygen atoms in total. The smallest absolute Gasteiger partial charge is 0.324 e. The van der Waals surface area contributed by atoms with Gasteiger partial charge < -0.3 is 4.90 Å². The molecule has 0 radical (unpaired) electrons. The van der Waals surface area contributed by atoms with Crippen molar-refractivity contribution in [3.8, 4) is 0 Å². The van der Waals surface area contributed by atoms with Crippen LogP contribution in [-0.4, -0.2) is 36.0 Å². The number of hydrogen-bond donors (Lipinski definition) is 0. The number of amides is 2. The van der Waals surface area contributed by atoms with Gasteiger partial charge in [0.2, 0.25) is 5.82 Å². The second-order valence-corrected chi connectivity index (χ2v) is 4.10. The predicted molar refractivity (Wildman–Crippen MR) is 63.0 cm³/mol. The first kappa shape index (κ1) is 12.3. The maximum absolute atomic E-state index is 13.5. The van der Waals surface area contributed by atoms with E-state index in [4.69, 9.17) is 0 Å². The van der Waals surface area contributed by atoms with Crippen LogP contribution in [0.15, 0.2) is 18.2 Å². The van der Waals surface area contributed by atoms with Crippen LogP contribution in [0.5, 0.6) is 0 Å². The molecule has 96 valence electrons. The number of anilines is 1. The van der Waals surface area contributed by atoms with Crippen molar-refractivity contribution >= 4 is 17.4 Å². The molecule has 0 bridgehead atoms. The summed E-state index contributed by atoms with van der Waals surface area (Å²) in [6.07, 6.45) is 0.779. The lowest BCUT2D eigenvalue weighted by Gasteiger charge is -2.33. The summed E-state index contributed by atoms with van der Waals surface area (Å²) in [7, 11) is 1.66. The van der Waals surface area contributed by atoms with Crippen molar-refractivity contribution in [1.82, 2.24) is 4.90 Å². The third-order valence-corrected chi connectivity index (χ3v) is 2.87. The van der Waals surface area contributed by atoms with E-state index in [1.807, 2.05) is 0 Å². The number of urea groups is 1. The predicted octanol–water partition coefficient (Wildman–Crippen LogP) is 2.00. The van der Waals surface area contributed by atoms with Gasteiger partial charge in [-0.3, -0.25) is 15.0 Å². The highest BCUT2D eigenvalue weighted by Crippen LogP contribution is 2.25. The Bertz CT molecular complexity index is 506. The van der Waals surface area contributed by atoms with Crippen LogP contribution in [0.2, 0.25) is 0 Å². The van der Waals surface area contributed by atoms with Crippen molar-refractivity contribution in [2.75, 3.05) is 25.0 Å². The lowest BCUT2D eigenvalue weighted by atomic mass is 10.2. The SMILES string of the molecule is CN1CCCN(c2ccc([N+](=O)[O-])c(F)c2)C1=O. The summed E-state index contributed by atoms with van der Waals surface area (Å²) in [6, 6.07) is 3.26. The van der Waals surface area contributed by atoms with Gasteiger partial charge >= 0.3 is 11.7 Å². The van der Waals surface area contributed by atoms with Crippen LogP contribution in [0.4, 0.5) is 20.6 Å². The van der Waals surface area contributed by atoms with Crippen molar-refractivity contribution < 1.29 is 14.1 Å². The lowest BCUT2D eigenvalue weighted by Crippen LogP contribution is -2.47. The van der Waals surface area contributed by atoms with Gasteiger partial charge in [0.15, 0.2) is 0 Å². The van der Waals surface area contributed by atoms with Crippen molar-refractivity contribution in [2.24, 2.45) is 0 Å². The fraction of sp³-hybridized carbons (Fsp3) is 0.364. The normalized spacial score (nSPS) is 16.0. The van der Waals surface area contributed by atoms with E-state index in [-0.39, 0.29) is 6.03 Å². The summed E-state index contributed by atoms with van der Waals surface area (Å²) in [6.45, 7) is 1.14. The van der Waals surface area contributed by atoms with Crippen molar-refractivity contribution in [3.05, 3.63) is 34.1 Å². The van der Waals surface area contributed by atoms with Gasteiger partial charge in [0.05, 0.1) is 4.92 Å². The van der Waals surface area contributed by atoms with Crippen LogP contribution in [0, 0.1) is 15.9 Å². The summed E-state index contributed by atoms with van der Waals surface area (Å²) >= 11 is 0. The molecule has 18 heavy (non-hydrogen) atoms. The third-order valence-electron chi connectivity index (χ3n) is 2.87. The molecule has 0 atom stereocenters. The summed E-state index contributed by atoms with van der Waals surface area (Å²) in [5.74, 6) is -0.932. The molecule has 2 amide bonds. The third kappa shape index (κ3) is 2.11. The Kier molecular flexibility index (Phi) is 3.14. The zero-order valence-electron chi connectivity index (χ0n) is 9.80. The molecule has 1 aromatic carbocycles. The van der Waals surface area contributed by atoms with Gasteiger partial charge in [-0.25, -0.2) is 4.79 Å². The molecular formula is C11H12FN3O3. The molecule has 1 aliphatic rings. The minimum Gasteiger partial charge on any atom is -0.327 e. The van der Waals surface area contributed by atoms with Gasteiger partial charge in [-0.15, -0.1) is 0 Å². The van der Waals surface area contributed by atoms with E-state index in [1.54, 1.807) is 7.05 Å². The Morgan fingerprint density at radius 2 is 2.11 bits per heavy atom. The summed E-state index contributed by atoms with van der Waals surface area (Å²) in [4.78, 5) is 24.5. The first-order valence-corrected chi connectivity index (χ1v) is 5.47. The molecule has 1 aromatic rings. The van der Waals surface area contributed by atoms with E-state index in [9.17, 15) is 19.3 Å². The topological polar surface area (TPSA) is 66.7 Å². The second kappa shape index (κ2) is 4.59. The molecule has 0 unspecified atom stereocenters. The number of halogens is 1. The molecule has 1 fully saturated rings. The minimum absolute atomic E-state index is 0.227. The summed E-state index contributed by atoms with van der Waals surface area (Å²) in [5, 5.41) is 10.5. The second-order valence-electron chi connectivity index (χ2n) is 4.10. The Morgan fingerprint density at radius 1 is 1.39 bits per heavy atom. The Morgan fingerprint density at radius 3 is 2.72 bits per heavy atom. The van der Waals surface area contributed by atoms with Crippen molar-refractivity contribution in [3.63, 3.8) is 0 Å². The fourth-order valence-electron chi connectivity index (χ4n) is 1.91. The molecule has 1 heterocycles. The largest absolute Gasteiger partial charge is 0.327 e. The number of nitro groups is 1. The molecule has 0 aliphatic carbocycles. The minimum atomic E-state index is -0.932. The molecule has 0 aromatic heterocycles. The van der Waals surface area contributed by atoms with Crippen molar-refractivity contribution in [2.45, 2.75) is 6.42 Å². The van der Waals surface area contributed by atoms with Crippen LogP contribution in [-0.2, 0) is 0 Å².